The van der Waals surface area contributed by atoms with Gasteiger partial charge in [0.05, 0.1) is 0 Å². The number of nitrogens with one attached hydrogen (secondary N) is 1. The molecular weight excluding hydrogens is 150 g/mol. The van der Waals surface area contributed by atoms with E-state index in [0.29, 0.717) is 5.82 Å². The van der Waals surface area contributed by atoms with Crippen molar-refractivity contribution < 1.29 is 4.52 Å². The molecule has 0 aliphatic carbocycles. The van der Waals surface area contributed by atoms with Gasteiger partial charge in [0.2, 0.25) is 5.82 Å². The van der Waals surface area contributed by atoms with Gasteiger partial charge in [-0.15, -0.1) is 4.68 Å². The van der Waals surface area contributed by atoms with E-state index in [0.717, 1.165) is 4.68 Å². The van der Waals surface area contributed by atoms with E-state index in [1.165, 1.54) is 12.3 Å². The summed E-state index contributed by atoms with van der Waals surface area (Å²) in [5, 5.41) is 12.3. The number of aromatic nitrogens is 5. The number of H-pyrrole nitrogens is 1. The Morgan fingerprint density at radius 3 is 3.09 bits per heavy atom. The number of hydrogen-bond donors (Lipinski definition) is 1. The van der Waals surface area contributed by atoms with Gasteiger partial charge in [-0.25, -0.2) is 9.89 Å². The highest BCUT2D eigenvalue weighted by molar-refractivity contribution is 5.13. The maximum atomic E-state index is 10.8. The standard InChI is InChI=1S/C4H3N5O2/c10-4-5-7-8-9(4)3-1-2-11-6-3/h1-2H,(H,5,8,10). The van der Waals surface area contributed by atoms with Gasteiger partial charge in [0.1, 0.15) is 6.26 Å². The molecule has 2 aromatic rings. The van der Waals surface area contributed by atoms with Crippen LogP contribution in [0.2, 0.25) is 0 Å². The first kappa shape index (κ1) is 5.83. The highest BCUT2D eigenvalue weighted by Gasteiger charge is 2.03. The number of aromatic amines is 1. The van der Waals surface area contributed by atoms with Crippen LogP contribution in [0, 0.1) is 0 Å². The molecule has 7 nitrogen and oxygen atoms in total. The van der Waals surface area contributed by atoms with Crippen molar-refractivity contribution in [2.45, 2.75) is 0 Å². The van der Waals surface area contributed by atoms with Gasteiger partial charge >= 0.3 is 5.69 Å². The minimum Gasteiger partial charge on any atom is -0.363 e. The molecule has 11 heavy (non-hydrogen) atoms. The summed E-state index contributed by atoms with van der Waals surface area (Å²) in [5.74, 6) is 0.309. The van der Waals surface area contributed by atoms with Crippen LogP contribution in [0.1, 0.15) is 0 Å². The zero-order chi connectivity index (χ0) is 7.68. The Morgan fingerprint density at radius 2 is 2.55 bits per heavy atom. The molecule has 2 heterocycles. The zero-order valence-corrected chi connectivity index (χ0v) is 5.26. The van der Waals surface area contributed by atoms with Gasteiger partial charge in [-0.3, -0.25) is 0 Å². The average molecular weight is 153 g/mol. The van der Waals surface area contributed by atoms with Crippen LogP contribution in [0.5, 0.6) is 0 Å². The van der Waals surface area contributed by atoms with Crippen molar-refractivity contribution in [2.24, 2.45) is 0 Å². The van der Waals surface area contributed by atoms with Crippen LogP contribution in [0.3, 0.4) is 0 Å². The molecule has 0 aliphatic rings. The zero-order valence-electron chi connectivity index (χ0n) is 5.26. The van der Waals surface area contributed by atoms with Crippen LogP contribution in [0.15, 0.2) is 21.6 Å². The van der Waals surface area contributed by atoms with Crippen molar-refractivity contribution in [3.8, 4) is 5.82 Å². The van der Waals surface area contributed by atoms with E-state index in [4.69, 9.17) is 0 Å². The minimum absolute atomic E-state index is 0.309. The van der Waals surface area contributed by atoms with Crippen LogP contribution < -0.4 is 5.69 Å². The first-order valence-electron chi connectivity index (χ1n) is 2.79. The van der Waals surface area contributed by atoms with Crippen molar-refractivity contribution in [3.63, 3.8) is 0 Å². The van der Waals surface area contributed by atoms with Gasteiger partial charge in [0.15, 0.2) is 0 Å². The predicted molar refractivity (Wildman–Crippen MR) is 32.0 cm³/mol. The van der Waals surface area contributed by atoms with Crippen LogP contribution >= 0.6 is 0 Å². The third kappa shape index (κ3) is 0.820. The fourth-order valence-corrected chi connectivity index (χ4v) is 0.663. The Balaban J connectivity index is 2.62. The van der Waals surface area contributed by atoms with E-state index in [-0.39, 0.29) is 0 Å². The first-order valence-corrected chi connectivity index (χ1v) is 2.79. The Hall–Kier alpha value is -1.92. The van der Waals surface area contributed by atoms with Crippen molar-refractivity contribution in [2.75, 3.05) is 0 Å². The highest BCUT2D eigenvalue weighted by Crippen LogP contribution is 1.94. The molecule has 0 atom stereocenters. The number of hydrogen-bond acceptors (Lipinski definition) is 5. The van der Waals surface area contributed by atoms with E-state index in [1.807, 2.05) is 0 Å². The number of tetrazole rings is 1. The fourth-order valence-electron chi connectivity index (χ4n) is 0.663. The summed E-state index contributed by atoms with van der Waals surface area (Å²) in [6, 6.07) is 1.50. The van der Waals surface area contributed by atoms with Crippen LogP contribution in [-0.2, 0) is 0 Å². The third-order valence-electron chi connectivity index (χ3n) is 1.11. The summed E-state index contributed by atoms with van der Waals surface area (Å²) in [6.45, 7) is 0. The summed E-state index contributed by atoms with van der Waals surface area (Å²) in [7, 11) is 0. The highest BCUT2D eigenvalue weighted by atomic mass is 16.5. The van der Waals surface area contributed by atoms with Gasteiger partial charge in [-0.05, 0) is 10.4 Å². The fraction of sp³-hybridized carbons (Fsp3) is 0. The summed E-state index contributed by atoms with van der Waals surface area (Å²) >= 11 is 0. The molecule has 0 aromatic carbocycles. The molecule has 0 amide bonds. The smallest absolute Gasteiger partial charge is 0.363 e. The molecule has 0 saturated carbocycles. The Labute approximate surface area is 59.6 Å². The maximum absolute atomic E-state index is 10.8. The molecule has 2 aromatic heterocycles. The lowest BCUT2D eigenvalue weighted by Crippen LogP contribution is -2.15. The maximum Gasteiger partial charge on any atom is 0.367 e. The van der Waals surface area contributed by atoms with Gasteiger partial charge in [0, 0.05) is 6.07 Å². The molecule has 0 saturated heterocycles. The van der Waals surface area contributed by atoms with Gasteiger partial charge in [0.25, 0.3) is 0 Å². The molecular formula is C4H3N5O2. The lowest BCUT2D eigenvalue weighted by atomic mass is 10.6. The van der Waals surface area contributed by atoms with Gasteiger partial charge < -0.3 is 4.52 Å². The van der Waals surface area contributed by atoms with Gasteiger partial charge in [-0.2, -0.15) is 0 Å². The van der Waals surface area contributed by atoms with Crippen LogP contribution in [0.4, 0.5) is 0 Å². The quantitative estimate of drug-likeness (QED) is 0.564. The molecule has 0 spiro atoms. The molecule has 0 aliphatic heterocycles. The minimum atomic E-state index is -0.445. The van der Waals surface area contributed by atoms with Crippen molar-refractivity contribution in [1.29, 1.82) is 0 Å². The van der Waals surface area contributed by atoms with Gasteiger partial charge in [-0.1, -0.05) is 5.16 Å². The van der Waals surface area contributed by atoms with E-state index in [2.05, 4.69) is 25.2 Å². The Bertz CT molecular complexity index is 385. The normalized spacial score (nSPS) is 10.2. The third-order valence-corrected chi connectivity index (χ3v) is 1.11. The molecule has 0 fully saturated rings. The van der Waals surface area contributed by atoms with Crippen molar-refractivity contribution in [3.05, 3.63) is 22.8 Å². The molecule has 0 radical (unpaired) electrons. The summed E-state index contributed by atoms with van der Waals surface area (Å²) < 4.78 is 5.49. The summed E-state index contributed by atoms with van der Waals surface area (Å²) in [4.78, 5) is 10.8. The summed E-state index contributed by atoms with van der Waals surface area (Å²) in [6.07, 6.45) is 1.34. The lowest BCUT2D eigenvalue weighted by Gasteiger charge is -1.84. The van der Waals surface area contributed by atoms with E-state index < -0.39 is 5.69 Å². The molecule has 1 N–H and O–H groups in total. The second-order valence-electron chi connectivity index (χ2n) is 1.78. The Morgan fingerprint density at radius 1 is 1.64 bits per heavy atom. The van der Waals surface area contributed by atoms with E-state index >= 15 is 0 Å². The van der Waals surface area contributed by atoms with Crippen LogP contribution in [0.25, 0.3) is 5.82 Å². The first-order chi connectivity index (χ1) is 5.38. The summed E-state index contributed by atoms with van der Waals surface area (Å²) in [5.41, 5.74) is -0.445. The van der Waals surface area contributed by atoms with Crippen molar-refractivity contribution >= 4 is 0 Å². The lowest BCUT2D eigenvalue weighted by molar-refractivity contribution is 0.414. The van der Waals surface area contributed by atoms with Crippen LogP contribution in [-0.4, -0.2) is 25.4 Å². The second-order valence-corrected chi connectivity index (χ2v) is 1.78. The Kier molecular flexibility index (Phi) is 1.08. The molecule has 56 valence electrons. The topological polar surface area (TPSA) is 89.6 Å². The molecule has 2 rings (SSSR count). The second kappa shape index (κ2) is 2.04. The predicted octanol–water partition coefficient (Wildman–Crippen LogP) is -1.06. The van der Waals surface area contributed by atoms with E-state index in [1.54, 1.807) is 0 Å². The molecule has 0 unspecified atom stereocenters. The molecule has 0 bridgehead atoms. The molecule has 7 heteroatoms. The monoisotopic (exact) mass is 153 g/mol. The van der Waals surface area contributed by atoms with Crippen molar-refractivity contribution in [1.82, 2.24) is 25.4 Å². The largest absolute Gasteiger partial charge is 0.367 e. The van der Waals surface area contributed by atoms with E-state index in [9.17, 15) is 4.79 Å². The SMILES string of the molecule is O=c1[nH]nnn1-c1ccon1. The number of rotatable bonds is 1. The average Bonchev–Trinajstić information content (AvgIpc) is 2.55. The number of nitrogens with zero attached hydrogens (tertiary/aromatic N) is 4.